The number of methoxy groups -OCH3 is 1. The number of aldehydes is 1. The zero-order valence-electron chi connectivity index (χ0n) is 9.74. The summed E-state index contributed by atoms with van der Waals surface area (Å²) in [6.45, 7) is 3.59. The molecular weight excluding hydrogens is 192 g/mol. The second-order valence-corrected chi connectivity index (χ2v) is 3.96. The minimum Gasteiger partial charge on any atom is -0.388 e. The monoisotopic (exact) mass is 214 g/mol. The van der Waals surface area contributed by atoms with Gasteiger partial charge in [0.1, 0.15) is 6.29 Å². The van der Waals surface area contributed by atoms with Gasteiger partial charge in [-0.1, -0.05) is 18.9 Å². The summed E-state index contributed by atoms with van der Waals surface area (Å²) in [6, 6.07) is 0. The largest absolute Gasteiger partial charge is 0.388 e. The van der Waals surface area contributed by atoms with Crippen LogP contribution in [0.15, 0.2) is 12.7 Å². The van der Waals surface area contributed by atoms with Crippen molar-refractivity contribution in [2.45, 2.75) is 37.7 Å². The van der Waals surface area contributed by atoms with E-state index in [1.54, 1.807) is 14.2 Å². The normalized spacial score (nSPS) is 19.9. The summed E-state index contributed by atoms with van der Waals surface area (Å²) in [6.07, 6.45) is 6.88. The Labute approximate surface area is 92.1 Å². The lowest BCUT2D eigenvalue weighted by Gasteiger charge is -2.28. The maximum atomic E-state index is 10.3. The van der Waals surface area contributed by atoms with E-state index in [0.717, 1.165) is 19.1 Å². The number of carbonyl (C=O) groups is 1. The molecule has 1 saturated carbocycles. The molecule has 0 bridgehead atoms. The molecule has 15 heavy (non-hydrogen) atoms. The molecule has 1 N–H and O–H groups in total. The van der Waals surface area contributed by atoms with Crippen LogP contribution in [0.1, 0.15) is 32.1 Å². The highest BCUT2D eigenvalue weighted by Crippen LogP contribution is 2.36. The molecule has 0 aromatic rings. The Morgan fingerprint density at radius 3 is 2.27 bits per heavy atom. The molecule has 1 aliphatic carbocycles. The van der Waals surface area contributed by atoms with E-state index in [2.05, 4.69) is 11.3 Å². The molecule has 1 rings (SSSR count). The second kappa shape index (κ2) is 7.60. The standard InChI is InChI=1S/C10H16O2.C2H6O/c1-2-10(12,7-8-11)9-5-3-4-6-9;1-3-2/h2,8-9,12H,1,3-7H2;1-2H3. The van der Waals surface area contributed by atoms with Crippen molar-refractivity contribution in [3.8, 4) is 0 Å². The molecule has 0 heterocycles. The van der Waals surface area contributed by atoms with E-state index in [1.165, 1.54) is 18.9 Å². The quantitative estimate of drug-likeness (QED) is 0.574. The number of ether oxygens (including phenoxy) is 1. The molecule has 0 radical (unpaired) electrons. The minimum atomic E-state index is -0.932. The Hall–Kier alpha value is -0.670. The maximum absolute atomic E-state index is 10.3. The van der Waals surface area contributed by atoms with Crippen LogP contribution in [0.3, 0.4) is 0 Å². The van der Waals surface area contributed by atoms with E-state index >= 15 is 0 Å². The Morgan fingerprint density at radius 2 is 1.93 bits per heavy atom. The van der Waals surface area contributed by atoms with E-state index < -0.39 is 5.60 Å². The molecule has 0 amide bonds. The van der Waals surface area contributed by atoms with Crippen molar-refractivity contribution in [1.82, 2.24) is 0 Å². The third-order valence-electron chi connectivity index (χ3n) is 2.83. The Bertz CT molecular complexity index is 185. The van der Waals surface area contributed by atoms with Crippen molar-refractivity contribution in [2.24, 2.45) is 5.92 Å². The summed E-state index contributed by atoms with van der Waals surface area (Å²) in [4.78, 5) is 10.3. The maximum Gasteiger partial charge on any atom is 0.123 e. The highest BCUT2D eigenvalue weighted by molar-refractivity contribution is 5.52. The van der Waals surface area contributed by atoms with Crippen molar-refractivity contribution in [3.63, 3.8) is 0 Å². The predicted molar refractivity (Wildman–Crippen MR) is 60.7 cm³/mol. The predicted octanol–water partition coefficient (Wildman–Crippen LogP) is 1.95. The third kappa shape index (κ3) is 4.58. The van der Waals surface area contributed by atoms with Gasteiger partial charge in [-0.25, -0.2) is 0 Å². The summed E-state index contributed by atoms with van der Waals surface area (Å²) < 4.78 is 4.25. The van der Waals surface area contributed by atoms with Gasteiger partial charge in [-0.05, 0) is 18.8 Å². The molecule has 0 aromatic carbocycles. The molecule has 1 fully saturated rings. The molecule has 3 nitrogen and oxygen atoms in total. The smallest absolute Gasteiger partial charge is 0.123 e. The van der Waals surface area contributed by atoms with Crippen LogP contribution in [0.2, 0.25) is 0 Å². The first kappa shape index (κ1) is 14.3. The van der Waals surface area contributed by atoms with Crippen LogP contribution in [0.4, 0.5) is 0 Å². The second-order valence-electron chi connectivity index (χ2n) is 3.96. The van der Waals surface area contributed by atoms with E-state index in [0.29, 0.717) is 0 Å². The van der Waals surface area contributed by atoms with Gasteiger partial charge in [0.15, 0.2) is 0 Å². The molecule has 1 aliphatic rings. The first-order valence-electron chi connectivity index (χ1n) is 5.34. The van der Waals surface area contributed by atoms with E-state index in [9.17, 15) is 9.90 Å². The van der Waals surface area contributed by atoms with Gasteiger partial charge in [0.05, 0.1) is 5.60 Å². The number of hydrogen-bond donors (Lipinski definition) is 1. The van der Waals surface area contributed by atoms with Crippen molar-refractivity contribution >= 4 is 6.29 Å². The highest BCUT2D eigenvalue weighted by atomic mass is 16.4. The number of carbonyl (C=O) groups excluding carboxylic acids is 1. The first-order chi connectivity index (χ1) is 7.14. The number of hydrogen-bond acceptors (Lipinski definition) is 3. The van der Waals surface area contributed by atoms with Crippen LogP contribution in [-0.4, -0.2) is 31.2 Å². The average Bonchev–Trinajstić information content (AvgIpc) is 2.72. The Morgan fingerprint density at radius 1 is 1.47 bits per heavy atom. The van der Waals surface area contributed by atoms with Crippen molar-refractivity contribution in [2.75, 3.05) is 14.2 Å². The Balaban J connectivity index is 0.000000583. The van der Waals surface area contributed by atoms with Gasteiger partial charge in [0.25, 0.3) is 0 Å². The molecule has 3 heteroatoms. The number of aliphatic hydroxyl groups is 1. The first-order valence-corrected chi connectivity index (χ1v) is 5.34. The van der Waals surface area contributed by atoms with Crippen LogP contribution in [0, 0.1) is 5.92 Å². The summed E-state index contributed by atoms with van der Waals surface area (Å²) in [5, 5.41) is 9.97. The fraction of sp³-hybridized carbons (Fsp3) is 0.750. The van der Waals surface area contributed by atoms with Gasteiger partial charge in [0, 0.05) is 20.6 Å². The lowest BCUT2D eigenvalue weighted by molar-refractivity contribution is -0.112. The van der Waals surface area contributed by atoms with Crippen LogP contribution in [0.25, 0.3) is 0 Å². The topological polar surface area (TPSA) is 46.5 Å². The zero-order valence-corrected chi connectivity index (χ0v) is 9.74. The van der Waals surface area contributed by atoms with E-state index in [-0.39, 0.29) is 12.3 Å². The van der Waals surface area contributed by atoms with Crippen LogP contribution in [0.5, 0.6) is 0 Å². The van der Waals surface area contributed by atoms with Crippen LogP contribution in [-0.2, 0) is 9.53 Å². The number of rotatable bonds is 4. The highest BCUT2D eigenvalue weighted by Gasteiger charge is 2.34. The van der Waals surface area contributed by atoms with Crippen LogP contribution < -0.4 is 0 Å². The van der Waals surface area contributed by atoms with Crippen molar-refractivity contribution < 1.29 is 14.6 Å². The molecule has 0 spiro atoms. The summed E-state index contributed by atoms with van der Waals surface area (Å²) in [5.41, 5.74) is -0.932. The van der Waals surface area contributed by atoms with E-state index in [1.807, 2.05) is 0 Å². The minimum absolute atomic E-state index is 0.196. The lowest BCUT2D eigenvalue weighted by Crippen LogP contribution is -2.34. The summed E-state index contributed by atoms with van der Waals surface area (Å²) in [5.74, 6) is 0.250. The van der Waals surface area contributed by atoms with Gasteiger partial charge in [-0.3, -0.25) is 0 Å². The van der Waals surface area contributed by atoms with Crippen molar-refractivity contribution in [1.29, 1.82) is 0 Å². The fourth-order valence-electron chi connectivity index (χ4n) is 1.98. The molecule has 0 saturated heterocycles. The third-order valence-corrected chi connectivity index (χ3v) is 2.83. The summed E-state index contributed by atoms with van der Waals surface area (Å²) >= 11 is 0. The zero-order chi connectivity index (χ0) is 11.7. The van der Waals surface area contributed by atoms with Gasteiger partial charge in [0.2, 0.25) is 0 Å². The average molecular weight is 214 g/mol. The molecule has 1 unspecified atom stereocenters. The molecular formula is C12H22O3. The lowest BCUT2D eigenvalue weighted by atomic mass is 9.84. The van der Waals surface area contributed by atoms with Gasteiger partial charge in [-0.2, -0.15) is 0 Å². The molecule has 0 aliphatic heterocycles. The van der Waals surface area contributed by atoms with Crippen LogP contribution >= 0.6 is 0 Å². The molecule has 1 atom stereocenters. The van der Waals surface area contributed by atoms with E-state index in [4.69, 9.17) is 0 Å². The van der Waals surface area contributed by atoms with Gasteiger partial charge in [-0.15, -0.1) is 6.58 Å². The van der Waals surface area contributed by atoms with Crippen molar-refractivity contribution in [3.05, 3.63) is 12.7 Å². The van der Waals surface area contributed by atoms with Gasteiger partial charge >= 0.3 is 0 Å². The molecule has 0 aromatic heterocycles. The molecule has 88 valence electrons. The SMILES string of the molecule is C=CC(O)(CC=O)C1CCCC1.COC. The van der Waals surface area contributed by atoms with Gasteiger partial charge < -0.3 is 14.6 Å². The fourth-order valence-corrected chi connectivity index (χ4v) is 1.98. The Kier molecular flexibility index (Phi) is 7.26. The summed E-state index contributed by atoms with van der Waals surface area (Å²) in [7, 11) is 3.25.